The van der Waals surface area contributed by atoms with Crippen molar-refractivity contribution in [1.29, 1.82) is 0 Å². The zero-order chi connectivity index (χ0) is 36.6. The van der Waals surface area contributed by atoms with Crippen LogP contribution in [0.15, 0.2) is 97.2 Å². The van der Waals surface area contributed by atoms with E-state index < -0.39 is 11.7 Å². The Balaban J connectivity index is 0.000000366. The summed E-state index contributed by atoms with van der Waals surface area (Å²) in [5, 5.41) is 5.20. The number of hydrogen-bond donors (Lipinski definition) is 1. The predicted molar refractivity (Wildman–Crippen MR) is 210 cm³/mol. The van der Waals surface area contributed by atoms with Crippen LogP contribution in [0.4, 0.5) is 13.2 Å². The standard InChI is InChI=1S/C24H29NO4.C17H18F3NO.2ClH/c1-5-26-21-10-9-17(14-22(21)27-6-2)13-20-19-16-24(29-8-4)23(28-7-3)15-18(19)11-12-25-20;1-21-12-11-16(13-5-3-2-4-6-13)22-15-9-7-14(8-10-15)17(18,19)20;;/h9-12,14-16H,5-8,13H2,1-4H3;2-10,16,21H,11-12H2,1H3;2*1H. The Morgan fingerprint density at radius 1 is 0.679 bits per heavy atom. The molecule has 0 bridgehead atoms. The summed E-state index contributed by atoms with van der Waals surface area (Å²) >= 11 is 0. The van der Waals surface area contributed by atoms with Crippen LogP contribution in [0.25, 0.3) is 10.8 Å². The summed E-state index contributed by atoms with van der Waals surface area (Å²) in [7, 11) is 1.85. The lowest BCUT2D eigenvalue weighted by Gasteiger charge is -2.20. The van der Waals surface area contributed by atoms with Gasteiger partial charge in [0.15, 0.2) is 23.0 Å². The van der Waals surface area contributed by atoms with Crippen molar-refractivity contribution >= 4 is 35.6 Å². The van der Waals surface area contributed by atoms with Crippen molar-refractivity contribution in [3.8, 4) is 28.7 Å². The van der Waals surface area contributed by atoms with Gasteiger partial charge in [-0.1, -0.05) is 36.4 Å². The number of aromatic nitrogens is 1. The van der Waals surface area contributed by atoms with Gasteiger partial charge in [-0.05, 0) is 112 Å². The molecule has 53 heavy (non-hydrogen) atoms. The van der Waals surface area contributed by atoms with Crippen LogP contribution < -0.4 is 29.0 Å². The van der Waals surface area contributed by atoms with Gasteiger partial charge in [-0.2, -0.15) is 13.2 Å². The number of nitrogens with one attached hydrogen (secondary N) is 1. The van der Waals surface area contributed by atoms with E-state index in [2.05, 4.69) is 16.4 Å². The topological polar surface area (TPSA) is 71.1 Å². The number of alkyl halides is 3. The van der Waals surface area contributed by atoms with Crippen LogP contribution >= 0.6 is 24.8 Å². The zero-order valence-corrected chi connectivity index (χ0v) is 32.3. The molecule has 0 saturated heterocycles. The number of nitrogens with zero attached hydrogens (tertiary/aromatic N) is 1. The number of fused-ring (bicyclic) bond motifs is 1. The maximum atomic E-state index is 12.6. The smallest absolute Gasteiger partial charge is 0.416 e. The van der Waals surface area contributed by atoms with Gasteiger partial charge in [0.2, 0.25) is 0 Å². The molecule has 1 unspecified atom stereocenters. The summed E-state index contributed by atoms with van der Waals surface area (Å²) in [6.07, 6.45) is -1.29. The van der Waals surface area contributed by atoms with E-state index in [-0.39, 0.29) is 30.9 Å². The molecule has 7 nitrogen and oxygen atoms in total. The highest BCUT2D eigenvalue weighted by atomic mass is 35.5. The summed E-state index contributed by atoms with van der Waals surface area (Å²) in [4.78, 5) is 4.65. The second-order valence-electron chi connectivity index (χ2n) is 11.4. The van der Waals surface area contributed by atoms with Crippen LogP contribution in [0.2, 0.25) is 0 Å². The van der Waals surface area contributed by atoms with Gasteiger partial charge < -0.3 is 29.0 Å². The average Bonchev–Trinajstić information content (AvgIpc) is 3.12. The lowest BCUT2D eigenvalue weighted by atomic mass is 10.0. The van der Waals surface area contributed by atoms with Gasteiger partial charge in [-0.25, -0.2) is 0 Å². The fraction of sp³-hybridized carbons (Fsp3) is 0.341. The quantitative estimate of drug-likeness (QED) is 0.107. The highest BCUT2D eigenvalue weighted by molar-refractivity contribution is 5.88. The van der Waals surface area contributed by atoms with E-state index in [1.807, 2.05) is 102 Å². The van der Waals surface area contributed by atoms with E-state index in [4.69, 9.17) is 23.7 Å². The van der Waals surface area contributed by atoms with E-state index in [1.54, 1.807) is 0 Å². The van der Waals surface area contributed by atoms with E-state index >= 15 is 0 Å². The second-order valence-corrected chi connectivity index (χ2v) is 11.4. The van der Waals surface area contributed by atoms with Crippen molar-refractivity contribution in [2.75, 3.05) is 40.0 Å². The molecule has 1 N–H and O–H groups in total. The fourth-order valence-electron chi connectivity index (χ4n) is 5.44. The number of ether oxygens (including phenoxy) is 5. The van der Waals surface area contributed by atoms with Crippen molar-refractivity contribution in [2.24, 2.45) is 0 Å². The van der Waals surface area contributed by atoms with Gasteiger partial charge in [0.1, 0.15) is 11.9 Å². The van der Waals surface area contributed by atoms with Crippen LogP contribution in [0.3, 0.4) is 0 Å². The highest BCUT2D eigenvalue weighted by Gasteiger charge is 2.30. The van der Waals surface area contributed by atoms with E-state index in [1.165, 1.54) is 12.1 Å². The molecule has 0 fully saturated rings. The van der Waals surface area contributed by atoms with Gasteiger partial charge >= 0.3 is 6.18 Å². The molecule has 5 rings (SSSR count). The summed E-state index contributed by atoms with van der Waals surface area (Å²) in [6, 6.07) is 26.6. The molecular weight excluding hydrogens is 728 g/mol. The molecule has 0 aliphatic heterocycles. The van der Waals surface area contributed by atoms with Crippen LogP contribution in [-0.2, 0) is 12.6 Å². The molecule has 0 aliphatic carbocycles. The maximum Gasteiger partial charge on any atom is 0.416 e. The minimum atomic E-state index is -4.33. The third-order valence-corrected chi connectivity index (χ3v) is 7.78. The second kappa shape index (κ2) is 22.6. The molecule has 1 atom stereocenters. The first-order valence-electron chi connectivity index (χ1n) is 17.3. The zero-order valence-electron chi connectivity index (χ0n) is 30.7. The van der Waals surface area contributed by atoms with Gasteiger partial charge in [-0.15, -0.1) is 24.8 Å². The molecule has 12 heteroatoms. The molecule has 5 aromatic rings. The number of rotatable bonds is 16. The Hall–Kier alpha value is -4.38. The number of pyridine rings is 1. The van der Waals surface area contributed by atoms with Crippen molar-refractivity contribution in [3.05, 3.63) is 120 Å². The van der Waals surface area contributed by atoms with Crippen LogP contribution in [0.5, 0.6) is 28.7 Å². The Morgan fingerprint density at radius 2 is 1.26 bits per heavy atom. The Bertz CT molecular complexity index is 1800. The Morgan fingerprint density at radius 3 is 1.85 bits per heavy atom. The van der Waals surface area contributed by atoms with Crippen LogP contribution in [0, 0.1) is 0 Å². The molecule has 0 radical (unpaired) electrons. The van der Waals surface area contributed by atoms with E-state index in [0.29, 0.717) is 38.6 Å². The van der Waals surface area contributed by atoms with Gasteiger partial charge in [-0.3, -0.25) is 4.98 Å². The fourth-order valence-corrected chi connectivity index (χ4v) is 5.44. The Labute approximate surface area is 323 Å². The number of hydrogen-bond acceptors (Lipinski definition) is 7. The lowest BCUT2D eigenvalue weighted by molar-refractivity contribution is -0.137. The number of benzene rings is 4. The highest BCUT2D eigenvalue weighted by Crippen LogP contribution is 2.36. The van der Waals surface area contributed by atoms with E-state index in [9.17, 15) is 13.2 Å². The monoisotopic (exact) mass is 776 g/mol. The lowest BCUT2D eigenvalue weighted by Crippen LogP contribution is -2.16. The normalized spacial score (nSPS) is 11.2. The van der Waals surface area contributed by atoms with Crippen molar-refractivity contribution in [2.45, 2.75) is 52.8 Å². The molecular formula is C41H49Cl2F3N2O5. The predicted octanol–water partition coefficient (Wildman–Crippen LogP) is 10.7. The van der Waals surface area contributed by atoms with Crippen LogP contribution in [-0.4, -0.2) is 45.0 Å². The largest absolute Gasteiger partial charge is 0.490 e. The van der Waals surface area contributed by atoms with Crippen LogP contribution in [0.1, 0.15) is 62.6 Å². The molecule has 1 aromatic heterocycles. The summed E-state index contributed by atoms with van der Waals surface area (Å²) in [5.41, 5.74) is 2.42. The number of halogens is 5. The first kappa shape index (κ1) is 44.8. The molecule has 288 valence electrons. The first-order valence-corrected chi connectivity index (χ1v) is 17.3. The van der Waals surface area contributed by atoms with Gasteiger partial charge in [0.05, 0.1) is 37.7 Å². The van der Waals surface area contributed by atoms with Crippen molar-refractivity contribution in [3.63, 3.8) is 0 Å². The molecule has 1 heterocycles. The molecule has 4 aromatic carbocycles. The summed E-state index contributed by atoms with van der Waals surface area (Å²) in [6.45, 7) is 11.0. The molecule has 0 aliphatic rings. The summed E-state index contributed by atoms with van der Waals surface area (Å²) < 4.78 is 66.6. The minimum absolute atomic E-state index is 0. The SMILES string of the molecule is CCOc1ccc(Cc2nccc3cc(OCC)c(OCC)cc23)cc1OCC.CNCCC(Oc1ccc(C(F)(F)F)cc1)c1ccccc1.Cl.Cl. The summed E-state index contributed by atoms with van der Waals surface area (Å²) in [5.74, 6) is 3.47. The third kappa shape index (κ3) is 13.2. The third-order valence-electron chi connectivity index (χ3n) is 7.78. The Kier molecular flexibility index (Phi) is 19.1. The van der Waals surface area contributed by atoms with Gasteiger partial charge in [0.25, 0.3) is 0 Å². The maximum absolute atomic E-state index is 12.6. The molecule has 0 saturated carbocycles. The van der Waals surface area contributed by atoms with E-state index in [0.717, 1.165) is 75.7 Å². The van der Waals surface area contributed by atoms with Crippen molar-refractivity contribution < 1.29 is 36.9 Å². The van der Waals surface area contributed by atoms with Crippen molar-refractivity contribution in [1.82, 2.24) is 10.3 Å². The average molecular weight is 778 g/mol. The minimum Gasteiger partial charge on any atom is -0.490 e. The van der Waals surface area contributed by atoms with Gasteiger partial charge in [0, 0.05) is 24.4 Å². The molecule has 0 spiro atoms. The molecule has 0 amide bonds. The first-order chi connectivity index (χ1) is 24.7.